The molecule has 0 bridgehead atoms. The van der Waals surface area contributed by atoms with Crippen molar-refractivity contribution < 1.29 is 9.53 Å². The number of esters is 1. The van der Waals surface area contributed by atoms with E-state index in [0.717, 1.165) is 30.8 Å². The van der Waals surface area contributed by atoms with Crippen molar-refractivity contribution in [2.75, 3.05) is 19.4 Å². The summed E-state index contributed by atoms with van der Waals surface area (Å²) >= 11 is 1.51. The molecule has 2 N–H and O–H groups in total. The van der Waals surface area contributed by atoms with E-state index in [9.17, 15) is 4.79 Å². The summed E-state index contributed by atoms with van der Waals surface area (Å²) in [4.78, 5) is 18.8. The summed E-state index contributed by atoms with van der Waals surface area (Å²) in [6, 6.07) is 0.297. The maximum Gasteiger partial charge on any atom is 0.307 e. The van der Waals surface area contributed by atoms with Gasteiger partial charge >= 0.3 is 5.97 Å². The molecule has 6 heteroatoms. The van der Waals surface area contributed by atoms with Crippen LogP contribution in [0.4, 0.5) is 5.13 Å². The van der Waals surface area contributed by atoms with Gasteiger partial charge in [0, 0.05) is 23.7 Å². The number of hydrogen-bond donors (Lipinski definition) is 1. The summed E-state index contributed by atoms with van der Waals surface area (Å²) in [7, 11) is 1.44. The molecule has 2 heterocycles. The van der Waals surface area contributed by atoms with Crippen LogP contribution in [0, 0.1) is 0 Å². The summed E-state index contributed by atoms with van der Waals surface area (Å²) in [5.41, 5.74) is 5.60. The summed E-state index contributed by atoms with van der Waals surface area (Å²) in [6.45, 7) is 1.86. The van der Waals surface area contributed by atoms with E-state index in [1.165, 1.54) is 18.4 Å². The lowest BCUT2D eigenvalue weighted by Gasteiger charge is -2.22. The first kappa shape index (κ1) is 12.3. The number of methoxy groups -OCH3 is 1. The predicted molar refractivity (Wildman–Crippen MR) is 66.6 cm³/mol. The minimum Gasteiger partial charge on any atom is -0.469 e. The molecule has 1 saturated heterocycles. The van der Waals surface area contributed by atoms with Gasteiger partial charge in [0.05, 0.1) is 13.5 Å². The monoisotopic (exact) mass is 255 g/mol. The minimum atomic E-state index is -0.134. The van der Waals surface area contributed by atoms with Crippen LogP contribution in [0.5, 0.6) is 0 Å². The number of likely N-dealkylation sites (tertiary alicyclic amines) is 1. The third kappa shape index (κ3) is 3.17. The molecule has 1 aromatic heterocycles. The maximum atomic E-state index is 11.3. The molecule has 1 aliphatic rings. The molecular weight excluding hydrogens is 238 g/mol. The minimum absolute atomic E-state index is 0.134. The van der Waals surface area contributed by atoms with Gasteiger partial charge in [-0.1, -0.05) is 0 Å². The van der Waals surface area contributed by atoms with Gasteiger partial charge in [-0.25, -0.2) is 4.98 Å². The number of carbonyl (C=O) groups is 1. The first-order chi connectivity index (χ1) is 8.19. The largest absolute Gasteiger partial charge is 0.469 e. The lowest BCUT2D eigenvalue weighted by molar-refractivity contribution is -0.141. The zero-order chi connectivity index (χ0) is 12.3. The number of nitrogens with zero attached hydrogens (tertiary/aromatic N) is 2. The molecule has 0 amide bonds. The number of nitrogen functional groups attached to an aromatic ring is 1. The molecule has 1 aliphatic heterocycles. The van der Waals surface area contributed by atoms with E-state index in [2.05, 4.69) is 9.88 Å². The SMILES string of the molecule is COC(=O)CC1CCCN1Cc1cnc(N)s1. The molecule has 1 unspecified atom stereocenters. The zero-order valence-electron chi connectivity index (χ0n) is 9.89. The van der Waals surface area contributed by atoms with Crippen molar-refractivity contribution in [3.05, 3.63) is 11.1 Å². The van der Waals surface area contributed by atoms with Gasteiger partial charge in [-0.3, -0.25) is 9.69 Å². The third-order valence-electron chi connectivity index (χ3n) is 3.06. The molecule has 94 valence electrons. The van der Waals surface area contributed by atoms with Crippen molar-refractivity contribution in [3.63, 3.8) is 0 Å². The fourth-order valence-corrected chi connectivity index (χ4v) is 2.92. The highest BCUT2D eigenvalue weighted by molar-refractivity contribution is 7.15. The first-order valence-electron chi connectivity index (χ1n) is 5.70. The Morgan fingerprint density at radius 3 is 3.24 bits per heavy atom. The average Bonchev–Trinajstić information content (AvgIpc) is 2.89. The van der Waals surface area contributed by atoms with Crippen LogP contribution in [0.25, 0.3) is 0 Å². The molecule has 1 atom stereocenters. The Bertz CT molecular complexity index is 394. The van der Waals surface area contributed by atoms with E-state index in [4.69, 9.17) is 10.5 Å². The molecule has 0 saturated carbocycles. The molecule has 17 heavy (non-hydrogen) atoms. The van der Waals surface area contributed by atoms with Crippen molar-refractivity contribution >= 4 is 22.4 Å². The standard InChI is InChI=1S/C11H17N3O2S/c1-16-10(15)5-8-3-2-4-14(8)7-9-6-13-11(12)17-9/h6,8H,2-5,7H2,1H3,(H2,12,13). The van der Waals surface area contributed by atoms with Crippen LogP contribution in [0.2, 0.25) is 0 Å². The Balaban J connectivity index is 1.93. The van der Waals surface area contributed by atoms with E-state index in [0.29, 0.717) is 17.6 Å². The van der Waals surface area contributed by atoms with Gasteiger partial charge in [-0.2, -0.15) is 0 Å². The average molecular weight is 255 g/mol. The van der Waals surface area contributed by atoms with Crippen LogP contribution in [-0.4, -0.2) is 35.5 Å². The molecule has 0 aromatic carbocycles. The fraction of sp³-hybridized carbons (Fsp3) is 0.636. The predicted octanol–water partition coefficient (Wildman–Crippen LogP) is 1.25. The number of rotatable bonds is 4. The number of carbonyl (C=O) groups excluding carboxylic acids is 1. The smallest absolute Gasteiger partial charge is 0.307 e. The molecular formula is C11H17N3O2S. The first-order valence-corrected chi connectivity index (χ1v) is 6.51. The Labute approximate surface area is 105 Å². The number of thiazole rings is 1. The highest BCUT2D eigenvalue weighted by Crippen LogP contribution is 2.25. The molecule has 0 radical (unpaired) electrons. The molecule has 0 spiro atoms. The Kier molecular flexibility index (Phi) is 3.96. The Hall–Kier alpha value is -1.14. The van der Waals surface area contributed by atoms with Crippen molar-refractivity contribution in [1.82, 2.24) is 9.88 Å². The van der Waals surface area contributed by atoms with Gasteiger partial charge in [0.15, 0.2) is 5.13 Å². The van der Waals surface area contributed by atoms with Crippen LogP contribution < -0.4 is 5.73 Å². The van der Waals surface area contributed by atoms with Gasteiger partial charge < -0.3 is 10.5 Å². The van der Waals surface area contributed by atoms with Crippen LogP contribution in [0.3, 0.4) is 0 Å². The number of hydrogen-bond acceptors (Lipinski definition) is 6. The summed E-state index contributed by atoms with van der Waals surface area (Å²) in [5, 5.41) is 0.601. The van der Waals surface area contributed by atoms with Crippen molar-refractivity contribution in [1.29, 1.82) is 0 Å². The Morgan fingerprint density at radius 1 is 1.76 bits per heavy atom. The number of anilines is 1. The molecule has 1 fully saturated rings. The molecule has 0 aliphatic carbocycles. The zero-order valence-corrected chi connectivity index (χ0v) is 10.7. The normalized spacial score (nSPS) is 20.6. The second-order valence-electron chi connectivity index (χ2n) is 4.21. The number of ether oxygens (including phenoxy) is 1. The Morgan fingerprint density at radius 2 is 2.59 bits per heavy atom. The van der Waals surface area contributed by atoms with E-state index >= 15 is 0 Å². The van der Waals surface area contributed by atoms with Crippen LogP contribution >= 0.6 is 11.3 Å². The van der Waals surface area contributed by atoms with Crippen molar-refractivity contribution in [2.45, 2.75) is 31.8 Å². The molecule has 1 aromatic rings. The third-order valence-corrected chi connectivity index (χ3v) is 3.87. The summed E-state index contributed by atoms with van der Waals surface area (Å²) in [5.74, 6) is -0.134. The van der Waals surface area contributed by atoms with Crippen LogP contribution in [0.15, 0.2) is 6.20 Å². The maximum absolute atomic E-state index is 11.3. The van der Waals surface area contributed by atoms with Gasteiger partial charge in [0.1, 0.15) is 0 Å². The van der Waals surface area contributed by atoms with Gasteiger partial charge in [-0.05, 0) is 19.4 Å². The molecule has 2 rings (SSSR count). The van der Waals surface area contributed by atoms with Gasteiger partial charge in [0.25, 0.3) is 0 Å². The van der Waals surface area contributed by atoms with Crippen LogP contribution in [0.1, 0.15) is 24.1 Å². The van der Waals surface area contributed by atoms with E-state index in [-0.39, 0.29) is 5.97 Å². The van der Waals surface area contributed by atoms with Crippen molar-refractivity contribution in [2.24, 2.45) is 0 Å². The van der Waals surface area contributed by atoms with E-state index in [1.807, 2.05) is 6.20 Å². The van der Waals surface area contributed by atoms with Gasteiger partial charge in [0.2, 0.25) is 0 Å². The quantitative estimate of drug-likeness (QED) is 0.820. The summed E-state index contributed by atoms with van der Waals surface area (Å²) in [6.07, 6.45) is 4.48. The highest BCUT2D eigenvalue weighted by Gasteiger charge is 2.27. The summed E-state index contributed by atoms with van der Waals surface area (Å²) < 4.78 is 4.72. The van der Waals surface area contributed by atoms with Gasteiger partial charge in [-0.15, -0.1) is 11.3 Å². The van der Waals surface area contributed by atoms with Crippen LogP contribution in [-0.2, 0) is 16.1 Å². The van der Waals surface area contributed by atoms with Crippen molar-refractivity contribution in [3.8, 4) is 0 Å². The number of aromatic nitrogens is 1. The second kappa shape index (κ2) is 5.46. The molecule has 5 nitrogen and oxygen atoms in total. The highest BCUT2D eigenvalue weighted by atomic mass is 32.1. The number of nitrogens with two attached hydrogens (primary N) is 1. The topological polar surface area (TPSA) is 68.5 Å². The van der Waals surface area contributed by atoms with E-state index < -0.39 is 0 Å². The lowest BCUT2D eigenvalue weighted by atomic mass is 10.1. The lowest BCUT2D eigenvalue weighted by Crippen LogP contribution is -2.30. The van der Waals surface area contributed by atoms with E-state index in [1.54, 1.807) is 0 Å². The second-order valence-corrected chi connectivity index (χ2v) is 5.36. The fourth-order valence-electron chi connectivity index (χ4n) is 2.21.